The fraction of sp³-hybridized carbons (Fsp3) is 0. The molecule has 50 heavy (non-hydrogen) atoms. The van der Waals surface area contributed by atoms with Gasteiger partial charge in [0, 0.05) is 27.7 Å². The van der Waals surface area contributed by atoms with Gasteiger partial charge in [0.05, 0.1) is 5.69 Å². The fourth-order valence-electron chi connectivity index (χ4n) is 7.66. The molecule has 0 aliphatic rings. The third kappa shape index (κ3) is 4.65. The lowest BCUT2D eigenvalue weighted by Crippen LogP contribution is -2.11. The molecule has 0 atom stereocenters. The number of rotatable bonds is 5. The van der Waals surface area contributed by atoms with Gasteiger partial charge in [0.25, 0.3) is 0 Å². The van der Waals surface area contributed by atoms with E-state index in [1.165, 1.54) is 43.4 Å². The Kier molecular flexibility index (Phi) is 6.53. The van der Waals surface area contributed by atoms with Crippen molar-refractivity contribution in [3.05, 3.63) is 188 Å². The lowest BCUT2D eigenvalue weighted by molar-refractivity contribution is 0.669. The van der Waals surface area contributed by atoms with Gasteiger partial charge in [-0.05, 0) is 97.5 Å². The molecule has 0 bridgehead atoms. The van der Waals surface area contributed by atoms with Crippen LogP contribution in [0.1, 0.15) is 0 Å². The molecule has 0 amide bonds. The number of para-hydroxylation sites is 2. The molecule has 0 unspecified atom stereocenters. The Labute approximate surface area is 290 Å². The Bertz CT molecular complexity index is 2890. The molecule has 10 aromatic rings. The molecule has 1 heterocycles. The van der Waals surface area contributed by atoms with Gasteiger partial charge < -0.3 is 9.32 Å². The molecule has 0 radical (unpaired) electrons. The van der Waals surface area contributed by atoms with Gasteiger partial charge in [0.1, 0.15) is 11.2 Å². The Balaban J connectivity index is 1.19. The van der Waals surface area contributed by atoms with Crippen LogP contribution >= 0.6 is 0 Å². The van der Waals surface area contributed by atoms with E-state index in [1.807, 2.05) is 12.1 Å². The van der Waals surface area contributed by atoms with Gasteiger partial charge in [0.15, 0.2) is 0 Å². The van der Waals surface area contributed by atoms with Crippen LogP contribution in [0.2, 0.25) is 0 Å². The summed E-state index contributed by atoms with van der Waals surface area (Å²) < 4.78 is 6.26. The second kappa shape index (κ2) is 11.5. The molecule has 0 saturated heterocycles. The highest BCUT2D eigenvalue weighted by Crippen LogP contribution is 2.44. The van der Waals surface area contributed by atoms with Gasteiger partial charge in [-0.15, -0.1) is 0 Å². The van der Waals surface area contributed by atoms with E-state index in [0.29, 0.717) is 0 Å². The maximum Gasteiger partial charge on any atom is 0.135 e. The zero-order chi connectivity index (χ0) is 33.0. The van der Waals surface area contributed by atoms with E-state index in [2.05, 4.69) is 181 Å². The fourth-order valence-corrected chi connectivity index (χ4v) is 7.66. The molecular formula is C48H31NO. The lowest BCUT2D eigenvalue weighted by Gasteiger charge is -2.28. The molecule has 234 valence electrons. The first kappa shape index (κ1) is 28.4. The number of hydrogen-bond donors (Lipinski definition) is 0. The van der Waals surface area contributed by atoms with Crippen molar-refractivity contribution in [1.29, 1.82) is 0 Å². The number of hydrogen-bond acceptors (Lipinski definition) is 2. The van der Waals surface area contributed by atoms with Crippen molar-refractivity contribution >= 4 is 71.3 Å². The summed E-state index contributed by atoms with van der Waals surface area (Å²) in [7, 11) is 0. The van der Waals surface area contributed by atoms with Crippen LogP contribution in [0.15, 0.2) is 192 Å². The summed E-state index contributed by atoms with van der Waals surface area (Å²) in [5, 5.41) is 9.68. The van der Waals surface area contributed by atoms with Gasteiger partial charge in [-0.3, -0.25) is 0 Å². The number of benzene rings is 9. The van der Waals surface area contributed by atoms with E-state index in [-0.39, 0.29) is 0 Å². The van der Waals surface area contributed by atoms with Crippen LogP contribution in [-0.4, -0.2) is 0 Å². The van der Waals surface area contributed by atoms with E-state index in [1.54, 1.807) is 0 Å². The van der Waals surface area contributed by atoms with Crippen LogP contribution in [0.4, 0.5) is 17.1 Å². The first-order valence-electron chi connectivity index (χ1n) is 17.1. The summed E-state index contributed by atoms with van der Waals surface area (Å²) in [4.78, 5) is 2.40. The molecule has 2 heteroatoms. The largest absolute Gasteiger partial charge is 0.456 e. The van der Waals surface area contributed by atoms with Crippen molar-refractivity contribution in [2.45, 2.75) is 0 Å². The molecule has 0 saturated carbocycles. The standard InChI is InChI=1S/C48H31NO/c1-3-16-39-32(11-1)13-10-20-41(39)34-14-9-15-35(29-34)43-18-5-7-21-46(43)49(38-26-28-48-45(31-38)44-19-6-8-22-47(44)50-48)37-25-27-42-36(30-37)24-23-33-12-2-4-17-40(33)42/h1-31H. The Morgan fingerprint density at radius 1 is 0.320 bits per heavy atom. The molecule has 9 aromatic carbocycles. The van der Waals surface area contributed by atoms with Crippen molar-refractivity contribution in [2.75, 3.05) is 4.90 Å². The summed E-state index contributed by atoms with van der Waals surface area (Å²) in [6, 6.07) is 67.7. The van der Waals surface area contributed by atoms with Gasteiger partial charge in [0.2, 0.25) is 0 Å². The molecule has 0 aliphatic carbocycles. The third-order valence-electron chi connectivity index (χ3n) is 10.0. The van der Waals surface area contributed by atoms with Crippen LogP contribution in [0.5, 0.6) is 0 Å². The first-order valence-corrected chi connectivity index (χ1v) is 17.1. The average molecular weight is 638 g/mol. The van der Waals surface area contributed by atoms with E-state index >= 15 is 0 Å². The summed E-state index contributed by atoms with van der Waals surface area (Å²) >= 11 is 0. The number of furan rings is 1. The third-order valence-corrected chi connectivity index (χ3v) is 10.0. The highest BCUT2D eigenvalue weighted by molar-refractivity contribution is 6.10. The molecule has 2 nitrogen and oxygen atoms in total. The maximum absolute atomic E-state index is 6.26. The van der Waals surface area contributed by atoms with Crippen LogP contribution in [0.3, 0.4) is 0 Å². The highest BCUT2D eigenvalue weighted by atomic mass is 16.3. The van der Waals surface area contributed by atoms with Crippen LogP contribution in [-0.2, 0) is 0 Å². The molecule has 0 N–H and O–H groups in total. The van der Waals surface area contributed by atoms with Crippen LogP contribution < -0.4 is 4.90 Å². The second-order valence-electron chi connectivity index (χ2n) is 12.9. The minimum absolute atomic E-state index is 0.885. The highest BCUT2D eigenvalue weighted by Gasteiger charge is 2.20. The molecular weight excluding hydrogens is 607 g/mol. The summed E-state index contributed by atoms with van der Waals surface area (Å²) in [5.74, 6) is 0. The quantitative estimate of drug-likeness (QED) is 0.175. The van der Waals surface area contributed by atoms with Crippen molar-refractivity contribution in [1.82, 2.24) is 0 Å². The molecule has 1 aromatic heterocycles. The monoisotopic (exact) mass is 637 g/mol. The Hall–Kier alpha value is -6.64. The van der Waals surface area contributed by atoms with Crippen molar-refractivity contribution in [2.24, 2.45) is 0 Å². The SMILES string of the molecule is c1cc(-c2ccccc2N(c2ccc3c(ccc4ccccc43)c2)c2ccc3oc4ccccc4c3c2)cc(-c2cccc3ccccc23)c1. The predicted molar refractivity (Wildman–Crippen MR) is 212 cm³/mol. The minimum Gasteiger partial charge on any atom is -0.456 e. The summed E-state index contributed by atoms with van der Waals surface area (Å²) in [6.45, 7) is 0. The smallest absolute Gasteiger partial charge is 0.135 e. The van der Waals surface area contributed by atoms with Crippen LogP contribution in [0, 0.1) is 0 Å². The van der Waals surface area contributed by atoms with E-state index in [0.717, 1.165) is 50.1 Å². The van der Waals surface area contributed by atoms with Gasteiger partial charge in [-0.1, -0.05) is 140 Å². The molecule has 10 rings (SSSR count). The summed E-state index contributed by atoms with van der Waals surface area (Å²) in [6.07, 6.45) is 0. The first-order chi connectivity index (χ1) is 24.8. The number of anilines is 3. The van der Waals surface area contributed by atoms with Gasteiger partial charge in [-0.2, -0.15) is 0 Å². The second-order valence-corrected chi connectivity index (χ2v) is 12.9. The zero-order valence-electron chi connectivity index (χ0n) is 27.3. The number of fused-ring (bicyclic) bond motifs is 7. The topological polar surface area (TPSA) is 16.4 Å². The number of nitrogens with zero attached hydrogens (tertiary/aromatic N) is 1. The van der Waals surface area contributed by atoms with Crippen molar-refractivity contribution < 1.29 is 4.42 Å². The predicted octanol–water partition coefficient (Wildman–Crippen LogP) is 13.8. The van der Waals surface area contributed by atoms with E-state index in [9.17, 15) is 0 Å². The van der Waals surface area contributed by atoms with Gasteiger partial charge >= 0.3 is 0 Å². The molecule has 0 fully saturated rings. The van der Waals surface area contributed by atoms with Gasteiger partial charge in [-0.25, -0.2) is 0 Å². The van der Waals surface area contributed by atoms with Crippen molar-refractivity contribution in [3.8, 4) is 22.3 Å². The average Bonchev–Trinajstić information content (AvgIpc) is 3.56. The minimum atomic E-state index is 0.885. The maximum atomic E-state index is 6.26. The Morgan fingerprint density at radius 2 is 0.900 bits per heavy atom. The zero-order valence-corrected chi connectivity index (χ0v) is 27.3. The molecule has 0 aliphatic heterocycles. The van der Waals surface area contributed by atoms with Crippen molar-refractivity contribution in [3.63, 3.8) is 0 Å². The van der Waals surface area contributed by atoms with E-state index < -0.39 is 0 Å². The Morgan fingerprint density at radius 3 is 1.80 bits per heavy atom. The van der Waals surface area contributed by atoms with Crippen LogP contribution in [0.25, 0.3) is 76.5 Å². The molecule has 0 spiro atoms. The summed E-state index contributed by atoms with van der Waals surface area (Å²) in [5.41, 5.74) is 9.81. The lowest BCUT2D eigenvalue weighted by atomic mass is 9.94. The van der Waals surface area contributed by atoms with E-state index in [4.69, 9.17) is 4.42 Å². The normalized spacial score (nSPS) is 11.6.